The molecule has 0 aliphatic rings. The molecular weight excluding hydrogens is 258 g/mol. The van der Waals surface area contributed by atoms with Crippen LogP contribution in [0, 0.1) is 5.82 Å². The molecule has 0 heterocycles. The van der Waals surface area contributed by atoms with Crippen LogP contribution in [0.3, 0.4) is 0 Å². The second-order valence-electron chi connectivity index (χ2n) is 3.69. The number of hydrogen-bond acceptors (Lipinski definition) is 1. The van der Waals surface area contributed by atoms with Crippen LogP contribution in [-0.2, 0) is 6.18 Å². The van der Waals surface area contributed by atoms with Gasteiger partial charge < -0.3 is 5.32 Å². The highest BCUT2D eigenvalue weighted by Crippen LogP contribution is 2.31. The highest BCUT2D eigenvalue weighted by molar-refractivity contribution is 6.20. The van der Waals surface area contributed by atoms with Gasteiger partial charge in [-0.1, -0.05) is 0 Å². The predicted octanol–water partition coefficient (Wildman–Crippen LogP) is 4.27. The maximum Gasteiger partial charge on any atom is 0.416 e. The molecule has 0 amide bonds. The van der Waals surface area contributed by atoms with Crippen LogP contribution in [-0.4, -0.2) is 11.9 Å². The van der Waals surface area contributed by atoms with Crippen LogP contribution in [0.2, 0.25) is 0 Å². The van der Waals surface area contributed by atoms with Gasteiger partial charge in [0.1, 0.15) is 5.82 Å². The predicted molar refractivity (Wildman–Crippen MR) is 59.8 cm³/mol. The third-order valence-electron chi connectivity index (χ3n) is 2.15. The molecule has 17 heavy (non-hydrogen) atoms. The number of anilines is 1. The van der Waals surface area contributed by atoms with E-state index in [2.05, 4.69) is 5.32 Å². The first-order chi connectivity index (χ1) is 7.80. The van der Waals surface area contributed by atoms with Crippen molar-refractivity contribution in [3.63, 3.8) is 0 Å². The monoisotopic (exact) mass is 269 g/mol. The van der Waals surface area contributed by atoms with Crippen molar-refractivity contribution in [2.75, 3.05) is 11.9 Å². The second-order valence-corrected chi connectivity index (χ2v) is 4.43. The maximum absolute atomic E-state index is 13.3. The number of halogens is 5. The Hall–Kier alpha value is -0.970. The lowest BCUT2D eigenvalue weighted by atomic mass is 10.2. The Labute approximate surface area is 102 Å². The Balaban J connectivity index is 2.70. The first kappa shape index (κ1) is 14.1. The zero-order valence-corrected chi connectivity index (χ0v) is 9.87. The lowest BCUT2D eigenvalue weighted by molar-refractivity contribution is -0.137. The van der Waals surface area contributed by atoms with Crippen molar-refractivity contribution < 1.29 is 17.6 Å². The fourth-order valence-electron chi connectivity index (χ4n) is 1.24. The van der Waals surface area contributed by atoms with Crippen molar-refractivity contribution in [2.45, 2.75) is 24.9 Å². The summed E-state index contributed by atoms with van der Waals surface area (Å²) < 4.78 is 50.1. The first-order valence-corrected chi connectivity index (χ1v) is 5.49. The number of nitrogens with one attached hydrogen (secondary N) is 1. The van der Waals surface area contributed by atoms with E-state index in [9.17, 15) is 17.6 Å². The zero-order chi connectivity index (χ0) is 13.1. The van der Waals surface area contributed by atoms with Crippen LogP contribution in [0.1, 0.15) is 18.9 Å². The molecule has 1 nitrogen and oxygen atoms in total. The van der Waals surface area contributed by atoms with Crippen molar-refractivity contribution >= 4 is 17.3 Å². The molecule has 0 aromatic heterocycles. The van der Waals surface area contributed by atoms with Gasteiger partial charge in [0.15, 0.2) is 0 Å². The van der Waals surface area contributed by atoms with Gasteiger partial charge in [-0.25, -0.2) is 4.39 Å². The summed E-state index contributed by atoms with van der Waals surface area (Å²) in [4.78, 5) is 0. The van der Waals surface area contributed by atoms with E-state index in [0.29, 0.717) is 19.0 Å². The standard InChI is InChI=1S/C11H12ClF4N/c1-7(12)4-5-17-10-3-2-8(6-9(10)13)11(14,15)16/h2-3,6-7,17H,4-5H2,1H3. The Morgan fingerprint density at radius 1 is 1.35 bits per heavy atom. The molecular formula is C11H12ClF4N. The van der Waals surface area contributed by atoms with Crippen LogP contribution in [0.15, 0.2) is 18.2 Å². The van der Waals surface area contributed by atoms with E-state index in [1.165, 1.54) is 0 Å². The molecule has 0 aliphatic carbocycles. The van der Waals surface area contributed by atoms with Crippen LogP contribution >= 0.6 is 11.6 Å². The number of hydrogen-bond donors (Lipinski definition) is 1. The fraction of sp³-hybridized carbons (Fsp3) is 0.455. The third-order valence-corrected chi connectivity index (χ3v) is 2.37. The van der Waals surface area contributed by atoms with Crippen LogP contribution in [0.5, 0.6) is 0 Å². The van der Waals surface area contributed by atoms with Gasteiger partial charge in [-0.3, -0.25) is 0 Å². The molecule has 1 unspecified atom stereocenters. The quantitative estimate of drug-likeness (QED) is 0.636. The summed E-state index contributed by atoms with van der Waals surface area (Å²) in [6.07, 6.45) is -3.92. The molecule has 1 rings (SSSR count). The van der Waals surface area contributed by atoms with Gasteiger partial charge in [-0.15, -0.1) is 11.6 Å². The molecule has 1 atom stereocenters. The summed E-state index contributed by atoms with van der Waals surface area (Å²) in [6.45, 7) is 2.19. The number of alkyl halides is 4. The van der Waals surface area contributed by atoms with E-state index in [4.69, 9.17) is 11.6 Å². The topological polar surface area (TPSA) is 12.0 Å². The van der Waals surface area contributed by atoms with E-state index >= 15 is 0 Å². The van der Waals surface area contributed by atoms with Crippen molar-refractivity contribution in [3.8, 4) is 0 Å². The minimum atomic E-state index is -4.52. The van der Waals surface area contributed by atoms with E-state index < -0.39 is 17.6 Å². The Morgan fingerprint density at radius 3 is 2.47 bits per heavy atom. The average Bonchev–Trinajstić information content (AvgIpc) is 2.18. The van der Waals surface area contributed by atoms with Crippen LogP contribution < -0.4 is 5.32 Å². The van der Waals surface area contributed by atoms with Gasteiger partial charge in [0.2, 0.25) is 0 Å². The van der Waals surface area contributed by atoms with Crippen LogP contribution in [0.4, 0.5) is 23.2 Å². The summed E-state index contributed by atoms with van der Waals surface area (Å²) in [5, 5.41) is 2.63. The summed E-state index contributed by atoms with van der Waals surface area (Å²) in [7, 11) is 0. The van der Waals surface area contributed by atoms with Gasteiger partial charge in [0.05, 0.1) is 11.3 Å². The minimum Gasteiger partial charge on any atom is -0.383 e. The number of rotatable bonds is 4. The SMILES string of the molecule is CC(Cl)CCNc1ccc(C(F)(F)F)cc1F. The van der Waals surface area contributed by atoms with Crippen LogP contribution in [0.25, 0.3) is 0 Å². The second kappa shape index (κ2) is 5.58. The smallest absolute Gasteiger partial charge is 0.383 e. The van der Waals surface area contributed by atoms with E-state index in [1.54, 1.807) is 6.92 Å². The normalized spacial score (nSPS) is 13.5. The molecule has 0 spiro atoms. The van der Waals surface area contributed by atoms with Crippen molar-refractivity contribution in [1.29, 1.82) is 0 Å². The number of benzene rings is 1. The fourth-order valence-corrected chi connectivity index (χ4v) is 1.35. The Morgan fingerprint density at radius 2 is 2.00 bits per heavy atom. The summed E-state index contributed by atoms with van der Waals surface area (Å²) >= 11 is 5.69. The highest BCUT2D eigenvalue weighted by atomic mass is 35.5. The van der Waals surface area contributed by atoms with E-state index in [1.807, 2.05) is 0 Å². The molecule has 1 aromatic rings. The molecule has 0 fully saturated rings. The molecule has 0 bridgehead atoms. The van der Waals surface area contributed by atoms with Crippen molar-refractivity contribution in [3.05, 3.63) is 29.6 Å². The van der Waals surface area contributed by atoms with E-state index in [0.717, 1.165) is 12.1 Å². The van der Waals surface area contributed by atoms with E-state index in [-0.39, 0.29) is 11.1 Å². The van der Waals surface area contributed by atoms with Crippen molar-refractivity contribution in [2.24, 2.45) is 0 Å². The van der Waals surface area contributed by atoms with Gasteiger partial charge in [-0.05, 0) is 31.5 Å². The first-order valence-electron chi connectivity index (χ1n) is 5.05. The highest BCUT2D eigenvalue weighted by Gasteiger charge is 2.31. The molecule has 1 aromatic carbocycles. The van der Waals surface area contributed by atoms with Gasteiger partial charge >= 0.3 is 6.18 Å². The summed E-state index contributed by atoms with van der Waals surface area (Å²) in [6, 6.07) is 2.40. The third kappa shape index (κ3) is 4.42. The molecule has 0 radical (unpaired) electrons. The molecule has 6 heteroatoms. The Kier molecular flexibility index (Phi) is 4.62. The molecule has 0 saturated heterocycles. The van der Waals surface area contributed by atoms with Gasteiger partial charge in [0, 0.05) is 11.9 Å². The minimum absolute atomic E-state index is 0.0512. The van der Waals surface area contributed by atoms with Crippen molar-refractivity contribution in [1.82, 2.24) is 0 Å². The summed E-state index contributed by atoms with van der Waals surface area (Å²) in [5.41, 5.74) is -0.943. The average molecular weight is 270 g/mol. The molecule has 1 N–H and O–H groups in total. The maximum atomic E-state index is 13.3. The summed E-state index contributed by atoms with van der Waals surface area (Å²) in [5.74, 6) is -0.915. The lowest BCUT2D eigenvalue weighted by Crippen LogP contribution is -2.09. The largest absolute Gasteiger partial charge is 0.416 e. The zero-order valence-electron chi connectivity index (χ0n) is 9.11. The van der Waals surface area contributed by atoms with Gasteiger partial charge in [-0.2, -0.15) is 13.2 Å². The molecule has 0 aliphatic heterocycles. The Bertz CT molecular complexity index is 376. The lowest BCUT2D eigenvalue weighted by Gasteiger charge is -2.11. The molecule has 0 saturated carbocycles. The van der Waals surface area contributed by atoms with Gasteiger partial charge in [0.25, 0.3) is 0 Å². The molecule has 96 valence electrons.